The Morgan fingerprint density at radius 3 is 2.42 bits per heavy atom. The van der Waals surface area contributed by atoms with Crippen molar-refractivity contribution in [2.45, 2.75) is 20.2 Å². The van der Waals surface area contributed by atoms with Crippen molar-refractivity contribution in [3.63, 3.8) is 0 Å². The van der Waals surface area contributed by atoms with Crippen molar-refractivity contribution in [2.24, 2.45) is 0 Å². The highest BCUT2D eigenvalue weighted by Gasteiger charge is 2.38. The zero-order chi connectivity index (χ0) is 17.6. The number of rotatable bonds is 2. The van der Waals surface area contributed by atoms with Crippen molar-refractivity contribution in [2.75, 3.05) is 0 Å². The molecule has 0 amide bonds. The molecule has 24 heavy (non-hydrogen) atoms. The molecule has 1 heterocycles. The molecule has 2 aromatic carbocycles. The van der Waals surface area contributed by atoms with E-state index in [0.717, 1.165) is 23.3 Å². The number of carbonyl (C=O) groups excluding carboxylic acids is 1. The lowest BCUT2D eigenvalue weighted by Gasteiger charge is -2.09. The molecule has 1 aliphatic heterocycles. The number of aryl methyl sites for hydroxylation is 2. The first kappa shape index (κ1) is 16.0. The number of ether oxygens (including phenoxy) is 1. The van der Waals surface area contributed by atoms with E-state index in [0.29, 0.717) is 4.74 Å². The zero-order valence-corrected chi connectivity index (χ0v) is 12.8. The number of hydrogen-bond donors (Lipinski definition) is 0. The van der Waals surface area contributed by atoms with E-state index in [4.69, 9.17) is 0 Å². The van der Waals surface area contributed by atoms with Crippen molar-refractivity contribution in [1.82, 2.24) is 0 Å². The Morgan fingerprint density at radius 2 is 1.75 bits per heavy atom. The van der Waals surface area contributed by atoms with Crippen LogP contribution in [0.2, 0.25) is 0 Å². The van der Waals surface area contributed by atoms with Gasteiger partial charge in [0.15, 0.2) is 0 Å². The molecule has 1 aliphatic rings. The Hall–Kier alpha value is -2.83. The summed E-state index contributed by atoms with van der Waals surface area (Å²) in [6, 6.07) is 8.03. The number of fused-ring (bicyclic) bond motifs is 1. The summed E-state index contributed by atoms with van der Waals surface area (Å²) in [6.07, 6.45) is -4.85. The Labute approximate surface area is 135 Å². The van der Waals surface area contributed by atoms with E-state index in [1.807, 2.05) is 13.8 Å². The average Bonchev–Trinajstić information content (AvgIpc) is 2.70. The van der Waals surface area contributed by atoms with E-state index >= 15 is 0 Å². The van der Waals surface area contributed by atoms with Gasteiger partial charge in [0.25, 0.3) is 11.5 Å². The zero-order valence-electron chi connectivity index (χ0n) is 12.8. The molecular formula is C17H12F3NO3. The fraction of sp³-hybridized carbons (Fsp3) is 0.176. The highest BCUT2D eigenvalue weighted by Crippen LogP contribution is 2.32. The molecule has 0 radical (unpaired) electrons. The predicted molar refractivity (Wildman–Crippen MR) is 80.8 cm³/mol. The van der Waals surface area contributed by atoms with Gasteiger partial charge in [-0.3, -0.25) is 4.79 Å². The monoisotopic (exact) mass is 335 g/mol. The smallest absolute Gasteiger partial charge is 0.573 e. The molecule has 0 saturated heterocycles. The molecule has 0 N–H and O–H groups in total. The first-order valence-corrected chi connectivity index (χ1v) is 7.04. The minimum Gasteiger partial charge on any atom is -0.618 e. The summed E-state index contributed by atoms with van der Waals surface area (Å²) >= 11 is 0. The van der Waals surface area contributed by atoms with Gasteiger partial charge in [-0.1, -0.05) is 6.07 Å². The Balaban J connectivity index is 2.08. The van der Waals surface area contributed by atoms with Crippen molar-refractivity contribution < 1.29 is 27.4 Å². The summed E-state index contributed by atoms with van der Waals surface area (Å²) in [5.74, 6) is -1.01. The van der Waals surface area contributed by atoms with E-state index < -0.39 is 17.9 Å². The van der Waals surface area contributed by atoms with Gasteiger partial charge in [-0.05, 0) is 49.2 Å². The maximum absolute atomic E-state index is 12.5. The molecule has 0 aliphatic carbocycles. The highest BCUT2D eigenvalue weighted by molar-refractivity contribution is 6.52. The highest BCUT2D eigenvalue weighted by atomic mass is 19.4. The number of ketones is 1. The lowest BCUT2D eigenvalue weighted by Crippen LogP contribution is -2.19. The molecule has 7 heteroatoms. The minimum atomic E-state index is -4.85. The summed E-state index contributed by atoms with van der Waals surface area (Å²) < 4.78 is 41.3. The second-order valence-electron chi connectivity index (χ2n) is 5.50. The number of hydrogen-bond acceptors (Lipinski definition) is 3. The van der Waals surface area contributed by atoms with Crippen LogP contribution in [0.1, 0.15) is 27.0 Å². The van der Waals surface area contributed by atoms with E-state index in [-0.39, 0.29) is 22.5 Å². The van der Waals surface area contributed by atoms with E-state index in [1.54, 1.807) is 12.1 Å². The lowest BCUT2D eigenvalue weighted by atomic mass is 9.99. The topological polar surface area (TPSA) is 52.4 Å². The Kier molecular flexibility index (Phi) is 3.59. The molecule has 0 unspecified atom stereocenters. The second-order valence-corrected chi connectivity index (χ2v) is 5.50. The molecule has 4 nitrogen and oxygen atoms in total. The van der Waals surface area contributed by atoms with Crippen molar-refractivity contribution in [3.05, 3.63) is 63.9 Å². The Morgan fingerprint density at radius 1 is 1.08 bits per heavy atom. The predicted octanol–water partition coefficient (Wildman–Crippen LogP) is 4.03. The number of alkyl halides is 3. The summed E-state index contributed by atoms with van der Waals surface area (Å²) in [4.78, 5) is 12.5. The molecule has 2 aromatic rings. The summed E-state index contributed by atoms with van der Waals surface area (Å²) in [5.41, 5.74) is 1.99. The van der Waals surface area contributed by atoms with Gasteiger partial charge < -0.3 is 9.94 Å². The third-order valence-electron chi connectivity index (χ3n) is 3.83. The van der Waals surface area contributed by atoms with Crippen LogP contribution in [0.15, 0.2) is 36.4 Å². The lowest BCUT2D eigenvalue weighted by molar-refractivity contribution is -0.355. The molecule has 3 rings (SSSR count). The molecule has 0 saturated carbocycles. The summed E-state index contributed by atoms with van der Waals surface area (Å²) in [5, 5.41) is 12.5. The van der Waals surface area contributed by atoms with Crippen molar-refractivity contribution in [1.29, 1.82) is 0 Å². The third-order valence-corrected chi connectivity index (χ3v) is 3.83. The SMILES string of the molecule is Cc1cc2c(cc1C)[N+]([O-])=C(c1cccc(OC(F)(F)F)c1)C2=O. The molecule has 0 spiro atoms. The summed E-state index contributed by atoms with van der Waals surface area (Å²) in [7, 11) is 0. The second kappa shape index (κ2) is 5.36. The minimum absolute atomic E-state index is 0.0725. The maximum Gasteiger partial charge on any atom is 0.573 e. The number of benzene rings is 2. The van der Waals surface area contributed by atoms with Crippen molar-refractivity contribution in [3.8, 4) is 5.75 Å². The van der Waals surface area contributed by atoms with Crippen LogP contribution >= 0.6 is 0 Å². The fourth-order valence-electron chi connectivity index (χ4n) is 2.58. The first-order valence-electron chi connectivity index (χ1n) is 7.04. The van der Waals surface area contributed by atoms with Gasteiger partial charge in [0.2, 0.25) is 5.69 Å². The van der Waals surface area contributed by atoms with E-state index in [9.17, 15) is 23.2 Å². The Bertz CT molecular complexity index is 885. The first-order chi connectivity index (χ1) is 11.2. The van der Waals surface area contributed by atoms with Crippen LogP contribution in [0.4, 0.5) is 18.9 Å². The molecular weight excluding hydrogens is 323 g/mol. The van der Waals surface area contributed by atoms with Gasteiger partial charge >= 0.3 is 6.36 Å². The van der Waals surface area contributed by atoms with Crippen LogP contribution in [0.3, 0.4) is 0 Å². The quantitative estimate of drug-likeness (QED) is 0.615. The molecule has 0 bridgehead atoms. The van der Waals surface area contributed by atoms with Crippen LogP contribution in [-0.2, 0) is 0 Å². The standard InChI is InChI=1S/C17H12F3NO3/c1-9-6-13-14(7-10(9)2)21(23)15(16(13)22)11-4-3-5-12(8-11)24-17(18,19)20/h3-8H,1-2H3. The van der Waals surface area contributed by atoms with Gasteiger partial charge in [-0.2, -0.15) is 4.74 Å². The van der Waals surface area contributed by atoms with Crippen LogP contribution in [0.5, 0.6) is 5.75 Å². The average molecular weight is 335 g/mol. The number of Topliss-reactive ketones (excluding diaryl/α,β-unsaturated/α-hetero) is 1. The normalized spacial score (nSPS) is 14.1. The molecule has 0 fully saturated rings. The summed E-state index contributed by atoms with van der Waals surface area (Å²) in [6.45, 7) is 3.62. The van der Waals surface area contributed by atoms with Crippen molar-refractivity contribution >= 4 is 17.2 Å². The van der Waals surface area contributed by atoms with Crippen LogP contribution in [0.25, 0.3) is 0 Å². The maximum atomic E-state index is 12.5. The van der Waals surface area contributed by atoms with Gasteiger partial charge in [-0.15, -0.1) is 13.2 Å². The van der Waals surface area contributed by atoms with Crippen LogP contribution in [-0.4, -0.2) is 22.6 Å². The van der Waals surface area contributed by atoms with Gasteiger partial charge in [0, 0.05) is 6.07 Å². The van der Waals surface area contributed by atoms with Gasteiger partial charge in [-0.25, -0.2) is 0 Å². The third kappa shape index (κ3) is 2.73. The fourth-order valence-corrected chi connectivity index (χ4v) is 2.58. The number of carbonyl (C=O) groups is 1. The number of nitrogens with zero attached hydrogens (tertiary/aromatic N) is 1. The van der Waals surface area contributed by atoms with Gasteiger partial charge in [0.05, 0.1) is 5.56 Å². The van der Waals surface area contributed by atoms with E-state index in [2.05, 4.69) is 4.74 Å². The molecule has 0 atom stereocenters. The molecule has 0 aromatic heterocycles. The largest absolute Gasteiger partial charge is 0.618 e. The number of halogens is 3. The van der Waals surface area contributed by atoms with Crippen LogP contribution in [0, 0.1) is 19.1 Å². The van der Waals surface area contributed by atoms with Crippen LogP contribution < -0.4 is 4.74 Å². The van der Waals surface area contributed by atoms with Gasteiger partial charge in [0.1, 0.15) is 11.3 Å². The van der Waals surface area contributed by atoms with E-state index in [1.165, 1.54) is 12.1 Å². The molecule has 124 valence electrons.